The fraction of sp³-hybridized carbons (Fsp3) is 0.208. The molecule has 31 heavy (non-hydrogen) atoms. The van der Waals surface area contributed by atoms with E-state index >= 15 is 0 Å². The molecule has 0 aliphatic carbocycles. The first-order valence-electron chi connectivity index (χ1n) is 9.78. The molecule has 0 spiro atoms. The highest BCUT2D eigenvalue weighted by Gasteiger charge is 2.12. The molecule has 0 atom stereocenters. The van der Waals surface area contributed by atoms with E-state index in [0.717, 1.165) is 16.8 Å². The predicted octanol–water partition coefficient (Wildman–Crippen LogP) is 6.08. The van der Waals surface area contributed by atoms with Crippen molar-refractivity contribution in [3.05, 3.63) is 87.7 Å². The molecule has 0 bridgehead atoms. The van der Waals surface area contributed by atoms with Crippen molar-refractivity contribution in [2.45, 2.75) is 27.0 Å². The maximum Gasteiger partial charge on any atom is 0.335 e. The Labute approximate surface area is 185 Å². The Bertz CT molecular complexity index is 1070. The zero-order valence-corrected chi connectivity index (χ0v) is 18.0. The molecule has 7 heteroatoms. The summed E-state index contributed by atoms with van der Waals surface area (Å²) >= 11 is 6.07. The largest absolute Gasteiger partial charge is 0.490 e. The third-order valence-corrected chi connectivity index (χ3v) is 5.06. The number of carboxylic acids is 1. The SMILES string of the molecule is CCOc1cc(CNc2cc(C(=O)O)ccc2C)ccc1OCc1c(F)cccc1Cl. The second kappa shape index (κ2) is 10.2. The summed E-state index contributed by atoms with van der Waals surface area (Å²) in [4.78, 5) is 11.2. The molecule has 0 aromatic heterocycles. The molecule has 0 aliphatic heterocycles. The molecular formula is C24H23ClFNO4. The number of hydrogen-bond acceptors (Lipinski definition) is 4. The second-order valence-corrected chi connectivity index (χ2v) is 7.30. The van der Waals surface area contributed by atoms with Crippen molar-refractivity contribution >= 4 is 23.3 Å². The number of nitrogens with one attached hydrogen (secondary N) is 1. The van der Waals surface area contributed by atoms with Gasteiger partial charge in [-0.1, -0.05) is 29.8 Å². The predicted molar refractivity (Wildman–Crippen MR) is 119 cm³/mol. The van der Waals surface area contributed by atoms with E-state index in [4.69, 9.17) is 21.1 Å². The van der Waals surface area contributed by atoms with E-state index in [1.165, 1.54) is 6.07 Å². The first-order valence-corrected chi connectivity index (χ1v) is 10.2. The molecule has 162 valence electrons. The molecule has 0 unspecified atom stereocenters. The highest BCUT2D eigenvalue weighted by atomic mass is 35.5. The monoisotopic (exact) mass is 443 g/mol. The van der Waals surface area contributed by atoms with Gasteiger partial charge in [0.2, 0.25) is 0 Å². The van der Waals surface area contributed by atoms with Crippen molar-refractivity contribution in [3.63, 3.8) is 0 Å². The van der Waals surface area contributed by atoms with Gasteiger partial charge >= 0.3 is 5.97 Å². The highest BCUT2D eigenvalue weighted by Crippen LogP contribution is 2.31. The highest BCUT2D eigenvalue weighted by molar-refractivity contribution is 6.31. The topological polar surface area (TPSA) is 67.8 Å². The van der Waals surface area contributed by atoms with Gasteiger partial charge in [-0.15, -0.1) is 0 Å². The van der Waals surface area contributed by atoms with Crippen molar-refractivity contribution in [1.29, 1.82) is 0 Å². The third-order valence-electron chi connectivity index (χ3n) is 4.71. The van der Waals surface area contributed by atoms with Crippen LogP contribution in [0.1, 0.15) is 34.0 Å². The average Bonchev–Trinajstić information content (AvgIpc) is 2.74. The number of aromatic carboxylic acids is 1. The van der Waals surface area contributed by atoms with Crippen LogP contribution in [-0.4, -0.2) is 17.7 Å². The van der Waals surface area contributed by atoms with Crippen LogP contribution in [0, 0.1) is 12.7 Å². The van der Waals surface area contributed by atoms with Gasteiger partial charge in [0.1, 0.15) is 12.4 Å². The zero-order chi connectivity index (χ0) is 22.4. The molecule has 0 heterocycles. The second-order valence-electron chi connectivity index (χ2n) is 6.89. The van der Waals surface area contributed by atoms with E-state index in [-0.39, 0.29) is 17.7 Å². The van der Waals surface area contributed by atoms with Crippen LogP contribution < -0.4 is 14.8 Å². The van der Waals surface area contributed by atoms with Gasteiger partial charge in [-0.2, -0.15) is 0 Å². The van der Waals surface area contributed by atoms with E-state index in [1.807, 2.05) is 26.0 Å². The lowest BCUT2D eigenvalue weighted by atomic mass is 10.1. The summed E-state index contributed by atoms with van der Waals surface area (Å²) < 4.78 is 25.5. The molecule has 3 rings (SSSR count). The summed E-state index contributed by atoms with van der Waals surface area (Å²) in [5.41, 5.74) is 3.11. The maximum atomic E-state index is 14.0. The lowest BCUT2D eigenvalue weighted by Gasteiger charge is -2.15. The van der Waals surface area contributed by atoms with Crippen LogP contribution in [-0.2, 0) is 13.2 Å². The van der Waals surface area contributed by atoms with Gasteiger partial charge in [-0.3, -0.25) is 0 Å². The summed E-state index contributed by atoms with van der Waals surface area (Å²) in [5.74, 6) is -0.386. The van der Waals surface area contributed by atoms with Crippen LogP contribution in [0.5, 0.6) is 11.5 Å². The molecular weight excluding hydrogens is 421 g/mol. The zero-order valence-electron chi connectivity index (χ0n) is 17.2. The van der Waals surface area contributed by atoms with E-state index < -0.39 is 11.8 Å². The van der Waals surface area contributed by atoms with Crippen LogP contribution in [0.4, 0.5) is 10.1 Å². The molecule has 0 saturated heterocycles. The van der Waals surface area contributed by atoms with Gasteiger partial charge in [0.05, 0.1) is 17.2 Å². The first kappa shape index (κ1) is 22.4. The van der Waals surface area contributed by atoms with Gasteiger partial charge in [0.15, 0.2) is 11.5 Å². The van der Waals surface area contributed by atoms with E-state index in [0.29, 0.717) is 29.7 Å². The summed E-state index contributed by atoms with van der Waals surface area (Å²) in [7, 11) is 0. The normalized spacial score (nSPS) is 10.6. The van der Waals surface area contributed by atoms with Gasteiger partial charge < -0.3 is 19.9 Å². The quantitative estimate of drug-likeness (QED) is 0.419. The van der Waals surface area contributed by atoms with Crippen LogP contribution in [0.2, 0.25) is 5.02 Å². The standard InChI is InChI=1S/C24H23ClFNO4/c1-3-30-23-11-16(13-27-21-12-17(24(28)29)9-7-15(21)2)8-10-22(23)31-14-18-19(25)5-4-6-20(18)26/h4-12,27H,3,13-14H2,1-2H3,(H,28,29). The van der Waals surface area contributed by atoms with Gasteiger partial charge in [0, 0.05) is 17.8 Å². The minimum atomic E-state index is -0.974. The average molecular weight is 444 g/mol. The number of hydrogen-bond donors (Lipinski definition) is 2. The number of benzene rings is 3. The van der Waals surface area contributed by atoms with Crippen LogP contribution in [0.15, 0.2) is 54.6 Å². The Balaban J connectivity index is 1.74. The van der Waals surface area contributed by atoms with Crippen molar-refractivity contribution in [3.8, 4) is 11.5 Å². The summed E-state index contributed by atoms with van der Waals surface area (Å²) in [6.45, 7) is 4.65. The van der Waals surface area contributed by atoms with Crippen molar-refractivity contribution in [2.75, 3.05) is 11.9 Å². The number of carbonyl (C=O) groups is 1. The fourth-order valence-corrected chi connectivity index (χ4v) is 3.23. The number of carboxylic acid groups (broad SMARTS) is 1. The molecule has 0 radical (unpaired) electrons. The Hall–Kier alpha value is -3.25. The molecule has 0 aliphatic rings. The summed E-state index contributed by atoms with van der Waals surface area (Å²) in [6, 6.07) is 14.9. The molecule has 0 fully saturated rings. The Kier molecular flexibility index (Phi) is 7.36. The number of ether oxygens (including phenoxy) is 2. The lowest BCUT2D eigenvalue weighted by molar-refractivity contribution is 0.0697. The Morgan fingerprint density at radius 1 is 1.10 bits per heavy atom. The molecule has 0 saturated carbocycles. The molecule has 3 aromatic rings. The molecule has 3 aromatic carbocycles. The smallest absolute Gasteiger partial charge is 0.335 e. The van der Waals surface area contributed by atoms with E-state index in [1.54, 1.807) is 36.4 Å². The summed E-state index contributed by atoms with van der Waals surface area (Å²) in [6.07, 6.45) is 0. The van der Waals surface area contributed by atoms with Crippen molar-refractivity contribution < 1.29 is 23.8 Å². The fourth-order valence-electron chi connectivity index (χ4n) is 3.01. The van der Waals surface area contributed by atoms with Gasteiger partial charge in [-0.25, -0.2) is 9.18 Å². The number of aryl methyl sites for hydroxylation is 1. The number of halogens is 2. The minimum absolute atomic E-state index is 0.0235. The van der Waals surface area contributed by atoms with Crippen LogP contribution >= 0.6 is 11.6 Å². The van der Waals surface area contributed by atoms with Crippen molar-refractivity contribution in [1.82, 2.24) is 0 Å². The van der Waals surface area contributed by atoms with Crippen molar-refractivity contribution in [2.24, 2.45) is 0 Å². The van der Waals surface area contributed by atoms with E-state index in [9.17, 15) is 14.3 Å². The molecule has 5 nitrogen and oxygen atoms in total. The first-order chi connectivity index (χ1) is 14.9. The summed E-state index contributed by atoms with van der Waals surface area (Å²) in [5, 5.41) is 12.8. The molecule has 0 amide bonds. The third kappa shape index (κ3) is 5.67. The number of rotatable bonds is 9. The number of anilines is 1. The van der Waals surface area contributed by atoms with Crippen LogP contribution in [0.25, 0.3) is 0 Å². The molecule has 2 N–H and O–H groups in total. The van der Waals surface area contributed by atoms with Gasteiger partial charge in [-0.05, 0) is 61.4 Å². The van der Waals surface area contributed by atoms with Crippen LogP contribution in [0.3, 0.4) is 0 Å². The van der Waals surface area contributed by atoms with E-state index in [2.05, 4.69) is 5.32 Å². The lowest BCUT2D eigenvalue weighted by Crippen LogP contribution is -2.05. The Morgan fingerprint density at radius 2 is 1.90 bits per heavy atom. The Morgan fingerprint density at radius 3 is 2.61 bits per heavy atom. The minimum Gasteiger partial charge on any atom is -0.490 e. The van der Waals surface area contributed by atoms with Gasteiger partial charge in [0.25, 0.3) is 0 Å². The maximum absolute atomic E-state index is 14.0.